The van der Waals surface area contributed by atoms with Crippen LogP contribution in [0.1, 0.15) is 45.4 Å². The van der Waals surface area contributed by atoms with Gasteiger partial charge in [0.15, 0.2) is 5.65 Å². The van der Waals surface area contributed by atoms with Crippen molar-refractivity contribution in [3.8, 4) is 0 Å². The third-order valence-corrected chi connectivity index (χ3v) is 6.22. The fraction of sp³-hybridized carbons (Fsp3) is 0.522. The Morgan fingerprint density at radius 3 is 2.93 bits per heavy atom. The van der Waals surface area contributed by atoms with E-state index in [9.17, 15) is 9.59 Å². The summed E-state index contributed by atoms with van der Waals surface area (Å²) in [6.45, 7) is 5.48. The molecule has 1 saturated heterocycles. The molecule has 3 aromatic rings. The molecule has 0 aliphatic carbocycles. The molecule has 0 aromatic carbocycles. The van der Waals surface area contributed by atoms with Crippen LogP contribution in [-0.2, 0) is 11.3 Å². The van der Waals surface area contributed by atoms with Crippen molar-refractivity contribution < 1.29 is 4.79 Å². The summed E-state index contributed by atoms with van der Waals surface area (Å²) in [5, 5.41) is 3.02. The van der Waals surface area contributed by atoms with Crippen LogP contribution in [0.15, 0.2) is 41.5 Å². The molecule has 4 rings (SSSR count). The van der Waals surface area contributed by atoms with Crippen molar-refractivity contribution in [1.82, 2.24) is 24.2 Å². The third kappa shape index (κ3) is 4.26. The number of carbonyl (C=O) groups is 1. The molecule has 1 fully saturated rings. The number of nitrogens with zero attached hydrogens (tertiary/aromatic N) is 4. The number of amides is 1. The van der Waals surface area contributed by atoms with E-state index in [0.29, 0.717) is 30.3 Å². The van der Waals surface area contributed by atoms with E-state index in [1.807, 2.05) is 28.8 Å². The van der Waals surface area contributed by atoms with Crippen LogP contribution in [0.4, 0.5) is 0 Å². The van der Waals surface area contributed by atoms with Crippen molar-refractivity contribution in [3.63, 3.8) is 0 Å². The zero-order chi connectivity index (χ0) is 20.9. The van der Waals surface area contributed by atoms with Crippen molar-refractivity contribution in [3.05, 3.63) is 47.0 Å². The third-order valence-electron chi connectivity index (χ3n) is 6.22. The second-order valence-electron chi connectivity index (χ2n) is 8.11. The smallest absolute Gasteiger partial charge is 0.276 e. The summed E-state index contributed by atoms with van der Waals surface area (Å²) in [6, 6.07) is 8.15. The van der Waals surface area contributed by atoms with Crippen LogP contribution in [0.3, 0.4) is 0 Å². The van der Waals surface area contributed by atoms with Gasteiger partial charge in [0.1, 0.15) is 5.52 Å². The van der Waals surface area contributed by atoms with E-state index in [0.717, 1.165) is 18.5 Å². The lowest BCUT2D eigenvalue weighted by Gasteiger charge is -2.35. The van der Waals surface area contributed by atoms with Gasteiger partial charge in [-0.15, -0.1) is 0 Å². The summed E-state index contributed by atoms with van der Waals surface area (Å²) in [7, 11) is 0. The number of fused-ring (bicyclic) bond motifs is 3. The number of hydrogen-bond donors (Lipinski definition) is 1. The maximum Gasteiger partial charge on any atom is 0.276 e. The average molecular weight is 410 g/mol. The van der Waals surface area contributed by atoms with Crippen LogP contribution in [0.25, 0.3) is 16.7 Å². The number of hydrogen-bond acceptors (Lipinski definition) is 4. The fourth-order valence-corrected chi connectivity index (χ4v) is 4.62. The Hall–Kier alpha value is -2.67. The van der Waals surface area contributed by atoms with Gasteiger partial charge in [0.05, 0.1) is 5.52 Å². The average Bonchev–Trinajstić information content (AvgIpc) is 3.27. The predicted molar refractivity (Wildman–Crippen MR) is 119 cm³/mol. The van der Waals surface area contributed by atoms with Gasteiger partial charge in [-0.2, -0.15) is 0 Å². The van der Waals surface area contributed by atoms with Gasteiger partial charge in [0.2, 0.25) is 5.91 Å². The zero-order valence-electron chi connectivity index (χ0n) is 17.7. The van der Waals surface area contributed by atoms with Crippen molar-refractivity contribution in [1.29, 1.82) is 0 Å². The highest BCUT2D eigenvalue weighted by Crippen LogP contribution is 2.19. The maximum atomic E-state index is 12.9. The molecule has 7 nitrogen and oxygen atoms in total. The van der Waals surface area contributed by atoms with Gasteiger partial charge in [-0.25, -0.2) is 4.98 Å². The van der Waals surface area contributed by atoms with Gasteiger partial charge in [-0.1, -0.05) is 13.3 Å². The Labute approximate surface area is 176 Å². The first kappa shape index (κ1) is 20.6. The minimum absolute atomic E-state index is 0.0214. The fourth-order valence-electron chi connectivity index (χ4n) is 4.62. The summed E-state index contributed by atoms with van der Waals surface area (Å²) >= 11 is 0. The quantitative estimate of drug-likeness (QED) is 0.581. The number of aromatic nitrogens is 3. The molecule has 0 unspecified atom stereocenters. The monoisotopic (exact) mass is 409 g/mol. The largest absolute Gasteiger partial charge is 0.356 e. The molecule has 1 N–H and O–H groups in total. The molecule has 1 aliphatic heterocycles. The van der Waals surface area contributed by atoms with E-state index >= 15 is 0 Å². The van der Waals surface area contributed by atoms with Crippen molar-refractivity contribution in [2.45, 2.75) is 58.0 Å². The van der Waals surface area contributed by atoms with Crippen LogP contribution in [0.2, 0.25) is 0 Å². The normalized spacial score (nSPS) is 17.6. The molecule has 160 valence electrons. The highest BCUT2D eigenvalue weighted by Gasteiger charge is 2.20. The summed E-state index contributed by atoms with van der Waals surface area (Å²) in [5.41, 5.74) is 1.96. The molecular weight excluding hydrogens is 378 g/mol. The minimum atomic E-state index is -0.116. The molecule has 1 amide bonds. The number of likely N-dealkylation sites (tertiary alicyclic amines) is 1. The standard InChI is InChI=1S/C23H31N5O2/c1-2-18-8-3-4-14-26(18)15-7-13-24-21(29)11-17-28-22-19(9-5-12-25-22)27-16-6-10-20(27)23(28)30/h5-6,9-10,12,16,18H,2-4,7-8,11,13-15,17H2,1H3,(H,24,29)/t18-/m1/s1. The van der Waals surface area contributed by atoms with E-state index in [-0.39, 0.29) is 17.9 Å². The Balaban J connectivity index is 1.33. The van der Waals surface area contributed by atoms with Gasteiger partial charge in [0.25, 0.3) is 5.56 Å². The molecule has 1 aliphatic rings. The molecule has 4 heterocycles. The van der Waals surface area contributed by atoms with Crippen molar-refractivity contribution >= 4 is 22.6 Å². The lowest BCUT2D eigenvalue weighted by atomic mass is 10.00. The topological polar surface area (TPSA) is 71.6 Å². The molecule has 0 radical (unpaired) electrons. The highest BCUT2D eigenvalue weighted by molar-refractivity contribution is 5.77. The summed E-state index contributed by atoms with van der Waals surface area (Å²) < 4.78 is 3.47. The summed E-state index contributed by atoms with van der Waals surface area (Å²) in [4.78, 5) is 32.2. The number of pyridine rings is 1. The first-order chi connectivity index (χ1) is 14.7. The molecular formula is C23H31N5O2. The first-order valence-corrected chi connectivity index (χ1v) is 11.1. The van der Waals surface area contributed by atoms with Crippen LogP contribution < -0.4 is 10.9 Å². The lowest BCUT2D eigenvalue weighted by Crippen LogP contribution is -2.40. The van der Waals surface area contributed by atoms with Crippen molar-refractivity contribution in [2.24, 2.45) is 0 Å². The lowest BCUT2D eigenvalue weighted by molar-refractivity contribution is -0.121. The zero-order valence-corrected chi connectivity index (χ0v) is 17.7. The van der Waals surface area contributed by atoms with Crippen LogP contribution >= 0.6 is 0 Å². The molecule has 30 heavy (non-hydrogen) atoms. The minimum Gasteiger partial charge on any atom is -0.356 e. The van der Waals surface area contributed by atoms with E-state index in [2.05, 4.69) is 22.1 Å². The van der Waals surface area contributed by atoms with E-state index in [1.165, 1.54) is 32.2 Å². The first-order valence-electron chi connectivity index (χ1n) is 11.1. The molecule has 0 bridgehead atoms. The number of aryl methyl sites for hydroxylation is 1. The Morgan fingerprint density at radius 1 is 1.20 bits per heavy atom. The Bertz CT molecular complexity index is 1070. The van der Waals surface area contributed by atoms with Gasteiger partial charge < -0.3 is 14.6 Å². The second kappa shape index (κ2) is 9.43. The predicted octanol–water partition coefficient (Wildman–Crippen LogP) is 2.81. The molecule has 7 heteroatoms. The van der Waals surface area contributed by atoms with Gasteiger partial charge in [0, 0.05) is 44.5 Å². The highest BCUT2D eigenvalue weighted by atomic mass is 16.2. The summed E-state index contributed by atoms with van der Waals surface area (Å²) in [6.07, 6.45) is 9.89. The number of piperidine rings is 1. The Morgan fingerprint density at radius 2 is 2.07 bits per heavy atom. The summed E-state index contributed by atoms with van der Waals surface area (Å²) in [5.74, 6) is -0.0214. The Kier molecular flexibility index (Phi) is 6.47. The number of rotatable bonds is 8. The molecule has 1 atom stereocenters. The van der Waals surface area contributed by atoms with E-state index in [4.69, 9.17) is 0 Å². The van der Waals surface area contributed by atoms with Crippen molar-refractivity contribution in [2.75, 3.05) is 19.6 Å². The number of carbonyl (C=O) groups excluding carboxylic acids is 1. The second-order valence-corrected chi connectivity index (χ2v) is 8.11. The van der Waals surface area contributed by atoms with Crippen LogP contribution in [0, 0.1) is 0 Å². The van der Waals surface area contributed by atoms with Gasteiger partial charge >= 0.3 is 0 Å². The van der Waals surface area contributed by atoms with E-state index < -0.39 is 0 Å². The van der Waals surface area contributed by atoms with Crippen LogP contribution in [-0.4, -0.2) is 50.4 Å². The molecule has 0 saturated carbocycles. The number of nitrogens with one attached hydrogen (secondary N) is 1. The molecule has 0 spiro atoms. The van der Waals surface area contributed by atoms with Crippen LogP contribution in [0.5, 0.6) is 0 Å². The SMILES string of the molecule is CC[C@@H]1CCCCN1CCCNC(=O)CCn1c(=O)c2cccn2c2cccnc21. The van der Waals surface area contributed by atoms with Gasteiger partial charge in [-0.05, 0) is 56.5 Å². The maximum absolute atomic E-state index is 12.9. The molecule has 3 aromatic heterocycles. The van der Waals surface area contributed by atoms with E-state index in [1.54, 1.807) is 16.8 Å². The van der Waals surface area contributed by atoms with Gasteiger partial charge in [-0.3, -0.25) is 14.2 Å².